The van der Waals surface area contributed by atoms with Crippen LogP contribution in [0.5, 0.6) is 0 Å². The molecule has 0 bridgehead atoms. The highest BCUT2D eigenvalue weighted by atomic mass is 79.9. The number of hydrogen-bond donors (Lipinski definition) is 2. The highest BCUT2D eigenvalue weighted by Crippen LogP contribution is 2.30. The van der Waals surface area contributed by atoms with Crippen molar-refractivity contribution in [3.05, 3.63) is 45.8 Å². The molecule has 94 valence electrons. The Hall–Kier alpha value is -1.75. The zero-order valence-corrected chi connectivity index (χ0v) is 11.7. The molecule has 0 aliphatic carbocycles. The standard InChI is InChI=1S/C13H13BrN2O2/c1-7-5-10(14)12(11(15)6-7)16-13(17)9-3-4-18-8(9)2/h3-6H,15H2,1-2H3,(H,16,17). The largest absolute Gasteiger partial charge is 0.469 e. The van der Waals surface area contributed by atoms with Crippen LogP contribution in [0.1, 0.15) is 21.7 Å². The van der Waals surface area contributed by atoms with Crippen LogP contribution in [0.25, 0.3) is 0 Å². The molecule has 1 aromatic carbocycles. The number of nitrogen functional groups attached to an aromatic ring is 1. The second kappa shape index (κ2) is 4.86. The summed E-state index contributed by atoms with van der Waals surface area (Å²) in [7, 11) is 0. The topological polar surface area (TPSA) is 68.3 Å². The molecule has 18 heavy (non-hydrogen) atoms. The Labute approximate surface area is 113 Å². The van der Waals surface area contributed by atoms with Crippen molar-refractivity contribution in [1.82, 2.24) is 0 Å². The molecular formula is C13H13BrN2O2. The van der Waals surface area contributed by atoms with Crippen molar-refractivity contribution >= 4 is 33.2 Å². The molecule has 0 fully saturated rings. The molecule has 1 heterocycles. The van der Waals surface area contributed by atoms with Gasteiger partial charge in [0.1, 0.15) is 5.76 Å². The zero-order chi connectivity index (χ0) is 13.3. The summed E-state index contributed by atoms with van der Waals surface area (Å²) in [6.45, 7) is 3.68. The maximum Gasteiger partial charge on any atom is 0.259 e. The van der Waals surface area contributed by atoms with Crippen molar-refractivity contribution in [2.75, 3.05) is 11.1 Å². The van der Waals surface area contributed by atoms with Crippen LogP contribution in [0, 0.1) is 13.8 Å². The van der Waals surface area contributed by atoms with Gasteiger partial charge in [-0.3, -0.25) is 4.79 Å². The Bertz CT molecular complexity index is 582. The summed E-state index contributed by atoms with van der Waals surface area (Å²) >= 11 is 3.39. The molecule has 0 saturated carbocycles. The third kappa shape index (κ3) is 2.41. The van der Waals surface area contributed by atoms with E-state index in [4.69, 9.17) is 10.2 Å². The van der Waals surface area contributed by atoms with E-state index in [2.05, 4.69) is 21.2 Å². The maximum atomic E-state index is 12.0. The number of aryl methyl sites for hydroxylation is 2. The fourth-order valence-electron chi connectivity index (χ4n) is 1.70. The fraction of sp³-hybridized carbons (Fsp3) is 0.154. The summed E-state index contributed by atoms with van der Waals surface area (Å²) in [4.78, 5) is 12.0. The molecule has 0 spiro atoms. The first-order chi connectivity index (χ1) is 8.49. The molecule has 0 unspecified atom stereocenters. The summed E-state index contributed by atoms with van der Waals surface area (Å²) in [5, 5.41) is 2.78. The molecule has 2 rings (SSSR count). The lowest BCUT2D eigenvalue weighted by molar-refractivity contribution is 0.102. The molecule has 1 amide bonds. The van der Waals surface area contributed by atoms with E-state index in [9.17, 15) is 4.79 Å². The molecular weight excluding hydrogens is 296 g/mol. The van der Waals surface area contributed by atoms with Gasteiger partial charge in [0.2, 0.25) is 0 Å². The molecule has 2 aromatic rings. The number of nitrogens with two attached hydrogens (primary N) is 1. The van der Waals surface area contributed by atoms with Crippen molar-refractivity contribution in [3.8, 4) is 0 Å². The van der Waals surface area contributed by atoms with Gasteiger partial charge in [-0.05, 0) is 53.5 Å². The summed E-state index contributed by atoms with van der Waals surface area (Å²) in [6, 6.07) is 5.33. The predicted octanol–water partition coefficient (Wildman–Crippen LogP) is 3.49. The van der Waals surface area contributed by atoms with Gasteiger partial charge in [-0.2, -0.15) is 0 Å². The van der Waals surface area contributed by atoms with Crippen LogP contribution in [0.2, 0.25) is 0 Å². The van der Waals surface area contributed by atoms with E-state index in [1.54, 1.807) is 13.0 Å². The highest BCUT2D eigenvalue weighted by Gasteiger charge is 2.14. The first kappa shape index (κ1) is 12.7. The minimum absolute atomic E-state index is 0.238. The molecule has 0 atom stereocenters. The lowest BCUT2D eigenvalue weighted by Crippen LogP contribution is -2.14. The predicted molar refractivity (Wildman–Crippen MR) is 74.7 cm³/mol. The van der Waals surface area contributed by atoms with Gasteiger partial charge < -0.3 is 15.5 Å². The SMILES string of the molecule is Cc1cc(N)c(NC(=O)c2ccoc2C)c(Br)c1. The average Bonchev–Trinajstić information content (AvgIpc) is 2.69. The zero-order valence-electron chi connectivity index (χ0n) is 10.1. The van der Waals surface area contributed by atoms with Gasteiger partial charge in [0.25, 0.3) is 5.91 Å². The van der Waals surface area contributed by atoms with Gasteiger partial charge >= 0.3 is 0 Å². The van der Waals surface area contributed by atoms with E-state index < -0.39 is 0 Å². The summed E-state index contributed by atoms with van der Waals surface area (Å²) in [5.41, 5.74) is 8.52. The molecule has 0 aliphatic heterocycles. The normalized spacial score (nSPS) is 10.4. The molecule has 0 radical (unpaired) electrons. The van der Waals surface area contributed by atoms with Crippen molar-refractivity contribution in [2.45, 2.75) is 13.8 Å². The third-order valence-electron chi connectivity index (χ3n) is 2.61. The lowest BCUT2D eigenvalue weighted by Gasteiger charge is -2.11. The summed E-state index contributed by atoms with van der Waals surface area (Å²) in [5.74, 6) is 0.340. The first-order valence-corrected chi connectivity index (χ1v) is 6.19. The number of halogens is 1. The third-order valence-corrected chi connectivity index (χ3v) is 3.23. The highest BCUT2D eigenvalue weighted by molar-refractivity contribution is 9.10. The lowest BCUT2D eigenvalue weighted by atomic mass is 10.2. The van der Waals surface area contributed by atoms with Crippen molar-refractivity contribution < 1.29 is 9.21 Å². The second-order valence-corrected chi connectivity index (χ2v) is 4.91. The molecule has 0 saturated heterocycles. The Morgan fingerprint density at radius 3 is 2.67 bits per heavy atom. The Kier molecular flexibility index (Phi) is 3.43. The van der Waals surface area contributed by atoms with Gasteiger partial charge in [0, 0.05) is 4.47 Å². The monoisotopic (exact) mass is 308 g/mol. The second-order valence-electron chi connectivity index (χ2n) is 4.06. The quantitative estimate of drug-likeness (QED) is 0.834. The Morgan fingerprint density at radius 2 is 2.11 bits per heavy atom. The smallest absolute Gasteiger partial charge is 0.259 e. The van der Waals surface area contributed by atoms with Crippen LogP contribution in [0.3, 0.4) is 0 Å². The number of carbonyl (C=O) groups excluding carboxylic acids is 1. The number of hydrogen-bond acceptors (Lipinski definition) is 3. The van der Waals surface area contributed by atoms with Crippen molar-refractivity contribution in [1.29, 1.82) is 0 Å². The summed E-state index contributed by atoms with van der Waals surface area (Å²) < 4.78 is 5.86. The maximum absolute atomic E-state index is 12.0. The number of nitrogens with one attached hydrogen (secondary N) is 1. The molecule has 0 aliphatic rings. The Morgan fingerprint density at radius 1 is 1.39 bits per heavy atom. The van der Waals surface area contributed by atoms with Gasteiger partial charge in [0.05, 0.1) is 23.2 Å². The van der Waals surface area contributed by atoms with E-state index in [0.29, 0.717) is 22.7 Å². The first-order valence-electron chi connectivity index (χ1n) is 5.40. The molecule has 5 heteroatoms. The van der Waals surface area contributed by atoms with Gasteiger partial charge in [0.15, 0.2) is 0 Å². The number of benzene rings is 1. The minimum Gasteiger partial charge on any atom is -0.469 e. The number of amides is 1. The minimum atomic E-state index is -0.238. The van der Waals surface area contributed by atoms with Crippen LogP contribution < -0.4 is 11.1 Å². The van der Waals surface area contributed by atoms with E-state index in [1.807, 2.05) is 19.1 Å². The van der Waals surface area contributed by atoms with Crippen LogP contribution in [-0.2, 0) is 0 Å². The van der Waals surface area contributed by atoms with E-state index >= 15 is 0 Å². The van der Waals surface area contributed by atoms with Gasteiger partial charge in [-0.25, -0.2) is 0 Å². The number of rotatable bonds is 2. The molecule has 3 N–H and O–H groups in total. The van der Waals surface area contributed by atoms with E-state index in [0.717, 1.165) is 10.0 Å². The van der Waals surface area contributed by atoms with E-state index in [-0.39, 0.29) is 5.91 Å². The van der Waals surface area contributed by atoms with Crippen LogP contribution in [0.4, 0.5) is 11.4 Å². The molecule has 4 nitrogen and oxygen atoms in total. The summed E-state index contributed by atoms with van der Waals surface area (Å²) in [6.07, 6.45) is 1.48. The fourth-order valence-corrected chi connectivity index (χ4v) is 2.39. The average molecular weight is 309 g/mol. The van der Waals surface area contributed by atoms with Crippen molar-refractivity contribution in [2.24, 2.45) is 0 Å². The van der Waals surface area contributed by atoms with Gasteiger partial charge in [-0.15, -0.1) is 0 Å². The van der Waals surface area contributed by atoms with Crippen LogP contribution >= 0.6 is 15.9 Å². The van der Waals surface area contributed by atoms with Crippen molar-refractivity contribution in [3.63, 3.8) is 0 Å². The van der Waals surface area contributed by atoms with Crippen LogP contribution in [-0.4, -0.2) is 5.91 Å². The number of anilines is 2. The van der Waals surface area contributed by atoms with Crippen LogP contribution in [0.15, 0.2) is 33.4 Å². The Balaban J connectivity index is 2.31. The molecule has 1 aromatic heterocycles. The van der Waals surface area contributed by atoms with Gasteiger partial charge in [-0.1, -0.05) is 0 Å². The number of furan rings is 1. The number of carbonyl (C=O) groups is 1. The van der Waals surface area contributed by atoms with E-state index in [1.165, 1.54) is 6.26 Å².